The van der Waals surface area contributed by atoms with E-state index >= 15 is 0 Å². The topological polar surface area (TPSA) is 49.4 Å². The molecular weight excluding hydrogens is 292 g/mol. The lowest BCUT2D eigenvalue weighted by molar-refractivity contribution is 0.249. The maximum absolute atomic E-state index is 12.7. The van der Waals surface area contributed by atoms with Gasteiger partial charge in [-0.15, -0.1) is 11.3 Å². The molecule has 0 amide bonds. The Kier molecular flexibility index (Phi) is 3.92. The Labute approximate surface area is 125 Å². The van der Waals surface area contributed by atoms with Crippen molar-refractivity contribution in [2.45, 2.75) is 62.6 Å². The van der Waals surface area contributed by atoms with Gasteiger partial charge in [0.1, 0.15) is 0 Å². The third kappa shape index (κ3) is 2.79. The lowest BCUT2D eigenvalue weighted by Crippen LogP contribution is -2.41. The fourth-order valence-electron chi connectivity index (χ4n) is 2.50. The molecule has 1 N–H and O–H groups in total. The van der Waals surface area contributed by atoms with E-state index in [0.29, 0.717) is 10.9 Å². The van der Waals surface area contributed by atoms with E-state index in [4.69, 9.17) is 0 Å². The van der Waals surface area contributed by atoms with Gasteiger partial charge in [0, 0.05) is 35.4 Å². The van der Waals surface area contributed by atoms with Crippen molar-refractivity contribution in [3.8, 4) is 0 Å². The van der Waals surface area contributed by atoms with Crippen molar-refractivity contribution in [2.75, 3.05) is 7.05 Å². The minimum absolute atomic E-state index is 0.201. The molecule has 2 fully saturated rings. The molecule has 20 heavy (non-hydrogen) atoms. The van der Waals surface area contributed by atoms with E-state index in [-0.39, 0.29) is 6.04 Å². The highest BCUT2D eigenvalue weighted by Gasteiger charge is 2.33. The lowest BCUT2D eigenvalue weighted by atomic mass is 9.94. The first-order valence-corrected chi connectivity index (χ1v) is 9.55. The minimum atomic E-state index is -3.32. The van der Waals surface area contributed by atoms with Crippen LogP contribution >= 0.6 is 11.3 Å². The summed E-state index contributed by atoms with van der Waals surface area (Å²) in [5.74, 6) is 0. The second-order valence-electron chi connectivity index (χ2n) is 5.89. The standard InChI is InChI=1S/C14H22N2O2S2/c1-10-14(8-13(19-10)9-15-11-6-7-11)20(17,18)16(2)12-4-3-5-12/h8,11-12,15H,3-7,9H2,1-2H3. The molecule has 1 aromatic rings. The van der Waals surface area contributed by atoms with Gasteiger partial charge in [-0.05, 0) is 38.7 Å². The van der Waals surface area contributed by atoms with E-state index in [1.165, 1.54) is 12.8 Å². The van der Waals surface area contributed by atoms with Gasteiger partial charge in [-0.1, -0.05) is 6.42 Å². The van der Waals surface area contributed by atoms with Crippen LogP contribution < -0.4 is 5.32 Å². The third-order valence-corrected chi connectivity index (χ3v) is 7.53. The highest BCUT2D eigenvalue weighted by atomic mass is 32.2. The van der Waals surface area contributed by atoms with Gasteiger partial charge < -0.3 is 5.32 Å². The number of hydrogen-bond donors (Lipinski definition) is 1. The van der Waals surface area contributed by atoms with Gasteiger partial charge >= 0.3 is 0 Å². The Morgan fingerprint density at radius 3 is 2.60 bits per heavy atom. The van der Waals surface area contributed by atoms with E-state index in [1.54, 1.807) is 22.7 Å². The maximum atomic E-state index is 12.7. The highest BCUT2D eigenvalue weighted by molar-refractivity contribution is 7.89. The molecule has 1 heterocycles. The van der Waals surface area contributed by atoms with Crippen LogP contribution in [0.25, 0.3) is 0 Å². The Morgan fingerprint density at radius 1 is 1.35 bits per heavy atom. The van der Waals surface area contributed by atoms with E-state index in [9.17, 15) is 8.42 Å². The quantitative estimate of drug-likeness (QED) is 0.877. The summed E-state index contributed by atoms with van der Waals surface area (Å²) >= 11 is 1.60. The molecule has 2 saturated carbocycles. The van der Waals surface area contributed by atoms with Gasteiger partial charge in [0.05, 0.1) is 4.90 Å². The van der Waals surface area contributed by atoms with E-state index in [1.807, 2.05) is 13.0 Å². The van der Waals surface area contributed by atoms with Crippen molar-refractivity contribution < 1.29 is 8.42 Å². The summed E-state index contributed by atoms with van der Waals surface area (Å²) in [6.45, 7) is 2.70. The second kappa shape index (κ2) is 5.40. The molecule has 2 aliphatic rings. The van der Waals surface area contributed by atoms with Crippen LogP contribution in [0.1, 0.15) is 41.9 Å². The van der Waals surface area contributed by atoms with Crippen molar-refractivity contribution in [1.82, 2.24) is 9.62 Å². The van der Waals surface area contributed by atoms with Crippen LogP contribution in [0.3, 0.4) is 0 Å². The normalized spacial score (nSPS) is 20.4. The van der Waals surface area contributed by atoms with Crippen molar-refractivity contribution in [2.24, 2.45) is 0 Å². The Hall–Kier alpha value is -0.430. The summed E-state index contributed by atoms with van der Waals surface area (Å²) < 4.78 is 26.9. The Morgan fingerprint density at radius 2 is 2.05 bits per heavy atom. The molecule has 0 aromatic carbocycles. The summed E-state index contributed by atoms with van der Waals surface area (Å²) in [4.78, 5) is 2.53. The lowest BCUT2D eigenvalue weighted by Gasteiger charge is -2.33. The molecule has 2 aliphatic carbocycles. The fourth-order valence-corrected chi connectivity index (χ4v) is 5.47. The third-order valence-electron chi connectivity index (χ3n) is 4.31. The number of nitrogens with one attached hydrogen (secondary N) is 1. The molecule has 0 radical (unpaired) electrons. The van der Waals surface area contributed by atoms with Crippen LogP contribution in [0.5, 0.6) is 0 Å². The van der Waals surface area contributed by atoms with Gasteiger partial charge in [-0.25, -0.2) is 8.42 Å². The zero-order chi connectivity index (χ0) is 14.3. The summed E-state index contributed by atoms with van der Waals surface area (Å²) in [6, 6.07) is 2.71. The summed E-state index contributed by atoms with van der Waals surface area (Å²) in [6.07, 6.45) is 5.63. The monoisotopic (exact) mass is 314 g/mol. The van der Waals surface area contributed by atoms with Crippen LogP contribution in [0, 0.1) is 6.92 Å². The molecule has 0 bridgehead atoms. The molecule has 0 atom stereocenters. The minimum Gasteiger partial charge on any atom is -0.309 e. The zero-order valence-corrected chi connectivity index (χ0v) is 13.7. The molecule has 3 rings (SSSR count). The molecule has 0 spiro atoms. The Bertz CT molecular complexity index is 586. The van der Waals surface area contributed by atoms with Gasteiger partial charge in [0.15, 0.2) is 0 Å². The van der Waals surface area contributed by atoms with Crippen LogP contribution in [0.15, 0.2) is 11.0 Å². The SMILES string of the molecule is Cc1sc(CNC2CC2)cc1S(=O)(=O)N(C)C1CCC1. The van der Waals surface area contributed by atoms with Gasteiger partial charge in [-0.2, -0.15) is 4.31 Å². The van der Waals surface area contributed by atoms with E-state index in [2.05, 4.69) is 5.32 Å². The van der Waals surface area contributed by atoms with Crippen LogP contribution in [0.2, 0.25) is 0 Å². The molecule has 1 aromatic heterocycles. The molecule has 0 unspecified atom stereocenters. The second-order valence-corrected chi connectivity index (χ2v) is 9.20. The number of hydrogen-bond acceptors (Lipinski definition) is 4. The van der Waals surface area contributed by atoms with E-state index < -0.39 is 10.0 Å². The fraction of sp³-hybridized carbons (Fsp3) is 0.714. The largest absolute Gasteiger partial charge is 0.309 e. The molecule has 4 nitrogen and oxygen atoms in total. The van der Waals surface area contributed by atoms with Crippen molar-refractivity contribution in [3.05, 3.63) is 15.8 Å². The summed E-state index contributed by atoms with van der Waals surface area (Å²) in [7, 11) is -1.60. The molecular formula is C14H22N2O2S2. The predicted molar refractivity (Wildman–Crippen MR) is 81.5 cm³/mol. The molecule has 0 saturated heterocycles. The number of rotatable bonds is 6. The average molecular weight is 314 g/mol. The van der Waals surface area contributed by atoms with Gasteiger partial charge in [0.2, 0.25) is 10.0 Å². The highest BCUT2D eigenvalue weighted by Crippen LogP contribution is 2.33. The smallest absolute Gasteiger partial charge is 0.244 e. The zero-order valence-electron chi connectivity index (χ0n) is 12.1. The van der Waals surface area contributed by atoms with Crippen molar-refractivity contribution in [1.29, 1.82) is 0 Å². The summed E-state index contributed by atoms with van der Waals surface area (Å²) in [5.41, 5.74) is 0. The van der Waals surface area contributed by atoms with Crippen LogP contribution in [-0.2, 0) is 16.6 Å². The molecule has 6 heteroatoms. The summed E-state index contributed by atoms with van der Waals surface area (Å²) in [5, 5.41) is 3.44. The Balaban J connectivity index is 1.76. The van der Waals surface area contributed by atoms with Crippen LogP contribution in [-0.4, -0.2) is 31.9 Å². The first kappa shape index (κ1) is 14.5. The first-order chi connectivity index (χ1) is 9.48. The maximum Gasteiger partial charge on any atom is 0.244 e. The molecule has 0 aliphatic heterocycles. The van der Waals surface area contributed by atoms with Crippen molar-refractivity contribution in [3.63, 3.8) is 0 Å². The van der Waals surface area contributed by atoms with Crippen LogP contribution in [0.4, 0.5) is 0 Å². The number of aryl methyl sites for hydroxylation is 1. The average Bonchev–Trinajstić information content (AvgIpc) is 3.07. The first-order valence-electron chi connectivity index (χ1n) is 7.29. The molecule has 112 valence electrons. The van der Waals surface area contributed by atoms with Gasteiger partial charge in [-0.3, -0.25) is 0 Å². The van der Waals surface area contributed by atoms with Crippen molar-refractivity contribution >= 4 is 21.4 Å². The predicted octanol–water partition coefficient (Wildman–Crippen LogP) is 2.48. The number of sulfonamides is 1. The van der Waals surface area contributed by atoms with Gasteiger partial charge in [0.25, 0.3) is 0 Å². The number of thiophene rings is 1. The number of nitrogens with zero attached hydrogens (tertiary/aromatic N) is 1. The van der Waals surface area contributed by atoms with E-state index in [0.717, 1.165) is 35.6 Å².